The number of aromatic nitrogens is 3. The molecule has 3 nitrogen and oxygen atoms in total. The Kier molecular flexibility index (Phi) is 3.07. The van der Waals surface area contributed by atoms with E-state index in [1.165, 1.54) is 21.9 Å². The Bertz CT molecular complexity index is 1160. The number of hydrogen-bond acceptors (Lipinski definition) is 2. The molecule has 0 amide bonds. The third-order valence-corrected chi connectivity index (χ3v) is 4.72. The minimum Gasteiger partial charge on any atom is -0.179 e. The standard InChI is InChI=1S/C22H17N3/c1-15-7-6-8-16(13-15)14-25-23-21-19-11-4-2-9-17(19)18-10-3-5-12-20(18)22(21)24-25/h2-13H,14H2,1H3. The highest BCUT2D eigenvalue weighted by Crippen LogP contribution is 2.32. The van der Waals surface area contributed by atoms with Gasteiger partial charge >= 0.3 is 0 Å². The summed E-state index contributed by atoms with van der Waals surface area (Å²) >= 11 is 0. The zero-order chi connectivity index (χ0) is 16.8. The van der Waals surface area contributed by atoms with Crippen LogP contribution in [0.5, 0.6) is 0 Å². The van der Waals surface area contributed by atoms with Gasteiger partial charge in [-0.05, 0) is 23.3 Å². The number of rotatable bonds is 2. The zero-order valence-corrected chi connectivity index (χ0v) is 14.0. The zero-order valence-electron chi connectivity index (χ0n) is 14.0. The number of fused-ring (bicyclic) bond motifs is 6. The fourth-order valence-corrected chi connectivity index (χ4v) is 3.60. The van der Waals surface area contributed by atoms with Crippen LogP contribution >= 0.6 is 0 Å². The van der Waals surface area contributed by atoms with Crippen molar-refractivity contribution in [1.82, 2.24) is 15.0 Å². The van der Waals surface area contributed by atoms with Crippen molar-refractivity contribution in [3.05, 3.63) is 83.9 Å². The van der Waals surface area contributed by atoms with Crippen molar-refractivity contribution in [3.8, 4) is 0 Å². The van der Waals surface area contributed by atoms with Crippen molar-refractivity contribution in [2.45, 2.75) is 13.5 Å². The molecule has 0 saturated carbocycles. The summed E-state index contributed by atoms with van der Waals surface area (Å²) in [6.45, 7) is 2.79. The van der Waals surface area contributed by atoms with Gasteiger partial charge in [-0.25, -0.2) is 0 Å². The second-order valence-corrected chi connectivity index (χ2v) is 6.51. The van der Waals surface area contributed by atoms with Gasteiger partial charge in [0.05, 0.1) is 6.54 Å². The predicted octanol–water partition coefficient (Wildman–Crippen LogP) is 5.09. The molecule has 0 bridgehead atoms. The van der Waals surface area contributed by atoms with Crippen LogP contribution in [0, 0.1) is 6.92 Å². The Balaban J connectivity index is 1.79. The molecule has 0 radical (unpaired) electrons. The van der Waals surface area contributed by atoms with E-state index in [0.29, 0.717) is 6.54 Å². The number of hydrogen-bond donors (Lipinski definition) is 0. The molecule has 120 valence electrons. The number of benzene rings is 4. The average Bonchev–Trinajstić information content (AvgIpc) is 3.06. The highest BCUT2D eigenvalue weighted by Gasteiger charge is 2.13. The Morgan fingerprint density at radius 3 is 1.80 bits per heavy atom. The van der Waals surface area contributed by atoms with Gasteiger partial charge in [-0.15, -0.1) is 0 Å². The summed E-state index contributed by atoms with van der Waals surface area (Å²) in [7, 11) is 0. The maximum Gasteiger partial charge on any atom is 0.121 e. The van der Waals surface area contributed by atoms with Crippen LogP contribution in [0.1, 0.15) is 11.1 Å². The molecule has 0 saturated heterocycles. The lowest BCUT2D eigenvalue weighted by atomic mass is 10.0. The van der Waals surface area contributed by atoms with Crippen LogP contribution in [0.2, 0.25) is 0 Å². The van der Waals surface area contributed by atoms with Gasteiger partial charge in [-0.2, -0.15) is 15.0 Å². The second-order valence-electron chi connectivity index (χ2n) is 6.51. The Morgan fingerprint density at radius 1 is 0.680 bits per heavy atom. The summed E-state index contributed by atoms with van der Waals surface area (Å²) in [6.07, 6.45) is 0. The molecule has 3 heteroatoms. The summed E-state index contributed by atoms with van der Waals surface area (Å²) in [5, 5.41) is 14.4. The first kappa shape index (κ1) is 14.2. The molecule has 0 fully saturated rings. The summed E-state index contributed by atoms with van der Waals surface area (Å²) in [4.78, 5) is 1.82. The molecule has 25 heavy (non-hydrogen) atoms. The molecule has 1 aromatic heterocycles. The molecule has 0 aliphatic carbocycles. The molecule has 1 heterocycles. The van der Waals surface area contributed by atoms with Crippen molar-refractivity contribution in [2.24, 2.45) is 0 Å². The monoisotopic (exact) mass is 323 g/mol. The number of aryl methyl sites for hydroxylation is 1. The quantitative estimate of drug-likeness (QED) is 0.423. The van der Waals surface area contributed by atoms with Crippen molar-refractivity contribution >= 4 is 32.6 Å². The van der Waals surface area contributed by atoms with E-state index in [2.05, 4.69) is 79.7 Å². The van der Waals surface area contributed by atoms with Crippen LogP contribution < -0.4 is 0 Å². The first-order valence-electron chi connectivity index (χ1n) is 8.49. The lowest BCUT2D eigenvalue weighted by Crippen LogP contribution is -2.03. The van der Waals surface area contributed by atoms with Gasteiger partial charge < -0.3 is 0 Å². The van der Waals surface area contributed by atoms with Gasteiger partial charge in [-0.1, -0.05) is 78.4 Å². The van der Waals surface area contributed by atoms with Gasteiger partial charge in [0.2, 0.25) is 0 Å². The van der Waals surface area contributed by atoms with Crippen LogP contribution in [0.15, 0.2) is 72.8 Å². The van der Waals surface area contributed by atoms with E-state index in [-0.39, 0.29) is 0 Å². The lowest BCUT2D eigenvalue weighted by molar-refractivity contribution is 0.601. The van der Waals surface area contributed by atoms with Crippen LogP contribution in [-0.4, -0.2) is 15.0 Å². The fraction of sp³-hybridized carbons (Fsp3) is 0.0909. The molecule has 0 aliphatic heterocycles. The molecule has 0 spiro atoms. The largest absolute Gasteiger partial charge is 0.179 e. The third-order valence-electron chi connectivity index (χ3n) is 4.72. The van der Waals surface area contributed by atoms with Gasteiger partial charge in [-0.3, -0.25) is 0 Å². The smallest absolute Gasteiger partial charge is 0.121 e. The number of nitrogens with zero attached hydrogens (tertiary/aromatic N) is 3. The van der Waals surface area contributed by atoms with Gasteiger partial charge in [0, 0.05) is 10.8 Å². The fourth-order valence-electron chi connectivity index (χ4n) is 3.60. The molecular formula is C22H17N3. The van der Waals surface area contributed by atoms with Crippen LogP contribution in [0.4, 0.5) is 0 Å². The molecule has 0 N–H and O–H groups in total. The Labute approximate surface area is 145 Å². The average molecular weight is 323 g/mol. The van der Waals surface area contributed by atoms with Gasteiger partial charge in [0.1, 0.15) is 11.0 Å². The van der Waals surface area contributed by atoms with Crippen molar-refractivity contribution in [1.29, 1.82) is 0 Å². The van der Waals surface area contributed by atoms with Crippen molar-refractivity contribution in [2.75, 3.05) is 0 Å². The minimum absolute atomic E-state index is 0.680. The molecule has 0 aliphatic rings. The summed E-state index contributed by atoms with van der Waals surface area (Å²) in [6, 6.07) is 25.4. The SMILES string of the molecule is Cc1cccc(Cn2nc3c4ccccc4c4ccccc4c3n2)c1. The van der Waals surface area contributed by atoms with Gasteiger partial charge in [0.15, 0.2) is 0 Å². The van der Waals surface area contributed by atoms with E-state index < -0.39 is 0 Å². The molecule has 5 aromatic rings. The van der Waals surface area contributed by atoms with Crippen LogP contribution in [-0.2, 0) is 6.54 Å². The molecule has 4 aromatic carbocycles. The van der Waals surface area contributed by atoms with Crippen LogP contribution in [0.25, 0.3) is 32.6 Å². The maximum absolute atomic E-state index is 4.82. The summed E-state index contributed by atoms with van der Waals surface area (Å²) < 4.78 is 0. The molecule has 5 rings (SSSR count). The second kappa shape index (κ2) is 5.42. The minimum atomic E-state index is 0.680. The molecule has 0 unspecified atom stereocenters. The molecule has 0 atom stereocenters. The highest BCUT2D eigenvalue weighted by molar-refractivity contribution is 6.22. The first-order chi connectivity index (χ1) is 12.3. The topological polar surface area (TPSA) is 30.7 Å². The van der Waals surface area contributed by atoms with E-state index in [9.17, 15) is 0 Å². The summed E-state index contributed by atoms with van der Waals surface area (Å²) in [5.41, 5.74) is 4.42. The van der Waals surface area contributed by atoms with E-state index in [4.69, 9.17) is 10.2 Å². The highest BCUT2D eigenvalue weighted by atomic mass is 15.5. The first-order valence-corrected chi connectivity index (χ1v) is 8.49. The normalized spacial score (nSPS) is 11.6. The third kappa shape index (κ3) is 2.28. The lowest BCUT2D eigenvalue weighted by Gasteiger charge is -2.04. The Morgan fingerprint density at radius 2 is 1.24 bits per heavy atom. The van der Waals surface area contributed by atoms with Gasteiger partial charge in [0.25, 0.3) is 0 Å². The van der Waals surface area contributed by atoms with Crippen LogP contribution in [0.3, 0.4) is 0 Å². The summed E-state index contributed by atoms with van der Waals surface area (Å²) in [5.74, 6) is 0. The van der Waals surface area contributed by atoms with E-state index in [1.54, 1.807) is 0 Å². The Hall–Kier alpha value is -3.20. The van der Waals surface area contributed by atoms with E-state index >= 15 is 0 Å². The van der Waals surface area contributed by atoms with E-state index in [0.717, 1.165) is 21.8 Å². The molecular weight excluding hydrogens is 306 g/mol. The maximum atomic E-state index is 4.82. The predicted molar refractivity (Wildman–Crippen MR) is 103 cm³/mol. The van der Waals surface area contributed by atoms with Crippen molar-refractivity contribution in [3.63, 3.8) is 0 Å². The van der Waals surface area contributed by atoms with E-state index in [1.807, 2.05) is 4.80 Å². The van der Waals surface area contributed by atoms with Crippen molar-refractivity contribution < 1.29 is 0 Å².